The number of nitrogens with one attached hydrogen (secondary N) is 3. The second-order valence-corrected chi connectivity index (χ2v) is 11.0. The smallest absolute Gasteiger partial charge is 0.407 e. The number of amides is 4. The lowest BCUT2D eigenvalue weighted by Gasteiger charge is -2.52. The standard InChI is InChI=1S/C32H42N4O7/c1-7-24(29(38)33-21(5)28(37)35-26(19(2)3)31(40)42-6)36-27(23-16-12-9-13-17-23)25(30(36)39)20(4)34-32(41)43-18-22-14-10-8-11-15-22/h8-17,19-21,24-27H,7,18H2,1-6H3,(H,33,38)(H,34,41)(H,35,37)/t20-,21-,24-,25+,26-,27+/m0/s1. The topological polar surface area (TPSA) is 143 Å². The molecule has 0 radical (unpaired) electrons. The Morgan fingerprint density at radius 1 is 0.860 bits per heavy atom. The molecule has 3 N–H and O–H groups in total. The van der Waals surface area contributed by atoms with Crippen LogP contribution < -0.4 is 16.0 Å². The van der Waals surface area contributed by atoms with E-state index in [9.17, 15) is 24.0 Å². The number of likely N-dealkylation sites (tertiary alicyclic amines) is 1. The first-order valence-electron chi connectivity index (χ1n) is 14.5. The van der Waals surface area contributed by atoms with E-state index in [0.717, 1.165) is 11.1 Å². The molecule has 1 saturated heterocycles. The van der Waals surface area contributed by atoms with Crippen LogP contribution in [0.2, 0.25) is 0 Å². The minimum absolute atomic E-state index is 0.0909. The van der Waals surface area contributed by atoms with Gasteiger partial charge in [0.15, 0.2) is 0 Å². The number of ether oxygens (including phenoxy) is 2. The van der Waals surface area contributed by atoms with Crippen molar-refractivity contribution >= 4 is 29.8 Å². The molecule has 0 spiro atoms. The van der Waals surface area contributed by atoms with E-state index in [-0.39, 0.29) is 18.4 Å². The summed E-state index contributed by atoms with van der Waals surface area (Å²) in [5.74, 6) is -2.79. The number of hydrogen-bond acceptors (Lipinski definition) is 7. The van der Waals surface area contributed by atoms with E-state index in [1.807, 2.05) is 60.7 Å². The van der Waals surface area contributed by atoms with Crippen LogP contribution in [-0.2, 0) is 35.3 Å². The summed E-state index contributed by atoms with van der Waals surface area (Å²) in [6, 6.07) is 14.8. The molecule has 1 aliphatic rings. The molecule has 1 heterocycles. The van der Waals surface area contributed by atoms with Crippen molar-refractivity contribution in [3.63, 3.8) is 0 Å². The van der Waals surface area contributed by atoms with Crippen LogP contribution in [0.3, 0.4) is 0 Å². The van der Waals surface area contributed by atoms with E-state index in [4.69, 9.17) is 9.47 Å². The van der Waals surface area contributed by atoms with Gasteiger partial charge >= 0.3 is 12.1 Å². The molecule has 43 heavy (non-hydrogen) atoms. The summed E-state index contributed by atoms with van der Waals surface area (Å²) in [5, 5.41) is 8.10. The van der Waals surface area contributed by atoms with Crippen LogP contribution in [0.15, 0.2) is 60.7 Å². The average molecular weight is 595 g/mol. The lowest BCUT2D eigenvalue weighted by molar-refractivity contribution is -0.168. The van der Waals surface area contributed by atoms with Crippen molar-refractivity contribution in [3.05, 3.63) is 71.8 Å². The quantitative estimate of drug-likeness (QED) is 0.239. The Morgan fingerprint density at radius 3 is 2.02 bits per heavy atom. The van der Waals surface area contributed by atoms with E-state index in [2.05, 4.69) is 16.0 Å². The Kier molecular flexibility index (Phi) is 11.7. The molecule has 1 fully saturated rings. The molecule has 4 amide bonds. The molecular formula is C32H42N4O7. The minimum atomic E-state index is -0.977. The Balaban J connectivity index is 1.72. The van der Waals surface area contributed by atoms with Gasteiger partial charge in [-0.3, -0.25) is 14.4 Å². The van der Waals surface area contributed by atoms with E-state index < -0.39 is 60.0 Å². The van der Waals surface area contributed by atoms with Crippen LogP contribution >= 0.6 is 0 Å². The molecule has 0 aliphatic carbocycles. The number of hydrogen-bond donors (Lipinski definition) is 3. The Hall–Kier alpha value is -4.41. The van der Waals surface area contributed by atoms with Crippen molar-refractivity contribution in [2.24, 2.45) is 11.8 Å². The molecule has 3 rings (SSSR count). The van der Waals surface area contributed by atoms with Crippen molar-refractivity contribution in [1.29, 1.82) is 0 Å². The molecule has 6 atom stereocenters. The van der Waals surface area contributed by atoms with Gasteiger partial charge in [-0.25, -0.2) is 9.59 Å². The van der Waals surface area contributed by atoms with E-state index >= 15 is 0 Å². The fourth-order valence-corrected chi connectivity index (χ4v) is 5.22. The number of esters is 1. The van der Waals surface area contributed by atoms with Gasteiger partial charge in [-0.05, 0) is 37.3 Å². The predicted molar refractivity (Wildman–Crippen MR) is 159 cm³/mol. The molecule has 1 aliphatic heterocycles. The summed E-state index contributed by atoms with van der Waals surface area (Å²) in [7, 11) is 1.24. The fraction of sp³-hybridized carbons (Fsp3) is 0.469. The zero-order valence-corrected chi connectivity index (χ0v) is 25.5. The summed E-state index contributed by atoms with van der Waals surface area (Å²) in [5.41, 5.74) is 1.65. The van der Waals surface area contributed by atoms with Crippen molar-refractivity contribution in [3.8, 4) is 0 Å². The maximum absolute atomic E-state index is 13.6. The molecule has 0 saturated carbocycles. The van der Waals surface area contributed by atoms with Crippen LogP contribution in [0.1, 0.15) is 58.2 Å². The fourth-order valence-electron chi connectivity index (χ4n) is 5.22. The van der Waals surface area contributed by atoms with E-state index in [1.165, 1.54) is 18.9 Å². The monoisotopic (exact) mass is 594 g/mol. The Labute approximate surface area is 252 Å². The molecule has 2 aromatic rings. The third kappa shape index (κ3) is 8.12. The second kappa shape index (κ2) is 15.2. The maximum Gasteiger partial charge on any atom is 0.407 e. The van der Waals surface area contributed by atoms with Gasteiger partial charge in [0.1, 0.15) is 24.7 Å². The summed E-state index contributed by atoms with van der Waals surface area (Å²) in [4.78, 5) is 66.1. The van der Waals surface area contributed by atoms with Gasteiger partial charge in [0.05, 0.1) is 19.1 Å². The average Bonchev–Trinajstić information content (AvgIpc) is 2.99. The largest absolute Gasteiger partial charge is 0.467 e. The van der Waals surface area contributed by atoms with Gasteiger partial charge in [0.25, 0.3) is 0 Å². The summed E-state index contributed by atoms with van der Waals surface area (Å²) in [6.07, 6.45) is -0.356. The molecular weight excluding hydrogens is 552 g/mol. The van der Waals surface area contributed by atoms with Gasteiger partial charge in [0.2, 0.25) is 17.7 Å². The second-order valence-electron chi connectivity index (χ2n) is 11.0. The number of rotatable bonds is 13. The molecule has 2 aromatic carbocycles. The summed E-state index contributed by atoms with van der Waals surface area (Å²) >= 11 is 0. The highest BCUT2D eigenvalue weighted by atomic mass is 16.5. The van der Waals surface area contributed by atoms with Crippen molar-refractivity contribution < 1.29 is 33.4 Å². The van der Waals surface area contributed by atoms with Crippen molar-refractivity contribution in [1.82, 2.24) is 20.9 Å². The molecule has 232 valence electrons. The highest BCUT2D eigenvalue weighted by molar-refractivity contribution is 5.96. The normalized spacial score (nSPS) is 18.9. The van der Waals surface area contributed by atoms with E-state index in [1.54, 1.807) is 27.7 Å². The lowest BCUT2D eigenvalue weighted by atomic mass is 9.76. The molecule has 11 heteroatoms. The van der Waals surface area contributed by atoms with Crippen LogP contribution in [0.5, 0.6) is 0 Å². The van der Waals surface area contributed by atoms with Crippen molar-refractivity contribution in [2.75, 3.05) is 7.11 Å². The molecule has 0 unspecified atom stereocenters. The highest BCUT2D eigenvalue weighted by Gasteiger charge is 2.54. The number of carbonyl (C=O) groups excluding carboxylic acids is 5. The van der Waals surface area contributed by atoms with Gasteiger partial charge in [-0.2, -0.15) is 0 Å². The molecule has 11 nitrogen and oxygen atoms in total. The van der Waals surface area contributed by atoms with Gasteiger partial charge in [0, 0.05) is 6.04 Å². The van der Waals surface area contributed by atoms with Gasteiger partial charge < -0.3 is 30.3 Å². The first kappa shape index (κ1) is 33.1. The SMILES string of the molecule is CC[C@@H](C(=O)N[C@@H](C)C(=O)N[C@H](C(=O)OC)C(C)C)N1C(=O)[C@H]([C@H](C)NC(=O)OCc2ccccc2)[C@H]1c1ccccc1. The number of carbonyl (C=O) groups is 5. The van der Waals surface area contributed by atoms with E-state index in [0.29, 0.717) is 6.42 Å². The third-order valence-electron chi connectivity index (χ3n) is 7.61. The Bertz CT molecular complexity index is 1270. The Morgan fingerprint density at radius 2 is 1.47 bits per heavy atom. The number of nitrogens with zero attached hydrogens (tertiary/aromatic N) is 1. The van der Waals surface area contributed by atoms with Gasteiger partial charge in [-0.15, -0.1) is 0 Å². The van der Waals surface area contributed by atoms with Crippen molar-refractivity contribution in [2.45, 2.75) is 77.9 Å². The van der Waals surface area contributed by atoms with Crippen LogP contribution in [0.4, 0.5) is 4.79 Å². The summed E-state index contributed by atoms with van der Waals surface area (Å²) < 4.78 is 10.1. The van der Waals surface area contributed by atoms with Crippen LogP contribution in [0, 0.1) is 11.8 Å². The number of benzene rings is 2. The molecule has 0 aromatic heterocycles. The third-order valence-corrected chi connectivity index (χ3v) is 7.61. The number of β-lactam (4-membered cyclic amide) rings is 1. The number of methoxy groups -OCH3 is 1. The summed E-state index contributed by atoms with van der Waals surface area (Å²) in [6.45, 7) is 8.66. The first-order chi connectivity index (χ1) is 20.5. The van der Waals surface area contributed by atoms with Crippen LogP contribution in [0.25, 0.3) is 0 Å². The lowest BCUT2D eigenvalue weighted by Crippen LogP contribution is -2.67. The van der Waals surface area contributed by atoms with Gasteiger partial charge in [-0.1, -0.05) is 81.4 Å². The van der Waals surface area contributed by atoms with Crippen LogP contribution in [-0.4, -0.2) is 66.0 Å². The first-order valence-corrected chi connectivity index (χ1v) is 14.5. The molecule has 0 bridgehead atoms. The minimum Gasteiger partial charge on any atom is -0.467 e. The predicted octanol–water partition coefficient (Wildman–Crippen LogP) is 3.10. The highest BCUT2D eigenvalue weighted by Crippen LogP contribution is 2.44. The zero-order valence-electron chi connectivity index (χ0n) is 25.5. The number of alkyl carbamates (subject to hydrolysis) is 1. The zero-order chi connectivity index (χ0) is 31.7. The maximum atomic E-state index is 13.6.